The number of carbonyl (C=O) groups excluding carboxylic acids is 1. The molecule has 0 atom stereocenters. The van der Waals surface area contributed by atoms with E-state index in [2.05, 4.69) is 10.1 Å². The Balaban J connectivity index is 1.41. The molecule has 4 rings (SSSR count). The molecular weight excluding hydrogens is 438 g/mol. The van der Waals surface area contributed by atoms with E-state index in [9.17, 15) is 9.59 Å². The summed E-state index contributed by atoms with van der Waals surface area (Å²) in [5.74, 6) is -0.225. The van der Waals surface area contributed by atoms with Crippen molar-refractivity contribution < 1.29 is 9.53 Å². The topological polar surface area (TPSA) is 73.6 Å². The largest absolute Gasteiger partial charge is 0.459 e. The number of esters is 1. The van der Waals surface area contributed by atoms with E-state index >= 15 is 0 Å². The summed E-state index contributed by atoms with van der Waals surface area (Å²) in [7, 11) is 0. The van der Waals surface area contributed by atoms with Crippen molar-refractivity contribution >= 4 is 57.0 Å². The standard InChI is InChI=1S/C18H12ClN3O3S3/c19-11-3-5-13(6-4-11)27-10-16(24)25-9-12-8-15(23)22-18(20-12)28-17(21-22)14-2-1-7-26-14/h1-8H,9-10H2. The Kier molecular flexibility index (Phi) is 5.77. The number of nitrogens with zero attached hydrogens (tertiary/aromatic N) is 3. The normalized spacial score (nSPS) is 11.0. The minimum atomic E-state index is -0.384. The molecule has 0 spiro atoms. The van der Waals surface area contributed by atoms with Gasteiger partial charge in [-0.3, -0.25) is 9.59 Å². The van der Waals surface area contributed by atoms with Gasteiger partial charge < -0.3 is 4.74 Å². The quantitative estimate of drug-likeness (QED) is 0.321. The summed E-state index contributed by atoms with van der Waals surface area (Å²) in [5.41, 5.74) is 0.0990. The zero-order chi connectivity index (χ0) is 19.5. The first-order valence-corrected chi connectivity index (χ1v) is 11.1. The van der Waals surface area contributed by atoms with Gasteiger partial charge in [0.25, 0.3) is 5.56 Å². The first-order chi connectivity index (χ1) is 13.6. The van der Waals surface area contributed by atoms with E-state index in [1.165, 1.54) is 33.7 Å². The minimum absolute atomic E-state index is 0.0576. The van der Waals surface area contributed by atoms with Crippen LogP contribution in [-0.4, -0.2) is 26.3 Å². The Morgan fingerprint density at radius 2 is 2.07 bits per heavy atom. The molecule has 0 bridgehead atoms. The van der Waals surface area contributed by atoms with E-state index in [0.717, 1.165) is 14.8 Å². The molecule has 0 saturated carbocycles. The summed E-state index contributed by atoms with van der Waals surface area (Å²) >= 11 is 10.1. The van der Waals surface area contributed by atoms with Crippen molar-refractivity contribution in [3.63, 3.8) is 0 Å². The van der Waals surface area contributed by atoms with Crippen molar-refractivity contribution in [3.05, 3.63) is 68.9 Å². The molecule has 142 valence electrons. The van der Waals surface area contributed by atoms with Crippen LogP contribution in [0.1, 0.15) is 5.69 Å². The molecule has 3 aromatic heterocycles. The maximum absolute atomic E-state index is 12.3. The first kappa shape index (κ1) is 19.1. The monoisotopic (exact) mass is 449 g/mol. The maximum atomic E-state index is 12.3. The molecule has 0 N–H and O–H groups in total. The molecule has 0 aliphatic heterocycles. The highest BCUT2D eigenvalue weighted by Gasteiger charge is 2.12. The SMILES string of the molecule is O=C(CSc1ccc(Cl)cc1)OCc1cc(=O)n2nc(-c3cccs3)sc2n1. The molecule has 4 aromatic rings. The minimum Gasteiger partial charge on any atom is -0.459 e. The van der Waals surface area contributed by atoms with Crippen molar-refractivity contribution in [2.75, 3.05) is 5.75 Å². The second-order valence-electron chi connectivity index (χ2n) is 5.57. The lowest BCUT2D eigenvalue weighted by atomic mass is 10.4. The van der Waals surface area contributed by atoms with Gasteiger partial charge >= 0.3 is 5.97 Å². The molecule has 0 aliphatic carbocycles. The zero-order valence-corrected chi connectivity index (χ0v) is 17.4. The van der Waals surface area contributed by atoms with Crippen LogP contribution in [0.2, 0.25) is 5.02 Å². The number of fused-ring (bicyclic) bond motifs is 1. The lowest BCUT2D eigenvalue weighted by Crippen LogP contribution is -2.16. The van der Waals surface area contributed by atoms with E-state index in [4.69, 9.17) is 16.3 Å². The molecule has 0 unspecified atom stereocenters. The molecule has 0 saturated heterocycles. The van der Waals surface area contributed by atoms with Gasteiger partial charge in [-0.15, -0.1) is 23.1 Å². The zero-order valence-electron chi connectivity index (χ0n) is 14.2. The van der Waals surface area contributed by atoms with Crippen LogP contribution in [0.5, 0.6) is 0 Å². The molecule has 1 aromatic carbocycles. The lowest BCUT2D eigenvalue weighted by molar-refractivity contribution is -0.141. The third-order valence-corrected chi connectivity index (χ3v) is 6.77. The van der Waals surface area contributed by atoms with E-state index < -0.39 is 0 Å². The number of thioether (sulfide) groups is 1. The molecule has 6 nitrogen and oxygen atoms in total. The number of hydrogen-bond donors (Lipinski definition) is 0. The van der Waals surface area contributed by atoms with Crippen molar-refractivity contribution in [2.24, 2.45) is 0 Å². The van der Waals surface area contributed by atoms with Gasteiger partial charge in [0, 0.05) is 16.0 Å². The second kappa shape index (κ2) is 8.44. The van der Waals surface area contributed by atoms with E-state index in [0.29, 0.717) is 15.7 Å². The van der Waals surface area contributed by atoms with Crippen LogP contribution in [0, 0.1) is 0 Å². The fourth-order valence-electron chi connectivity index (χ4n) is 2.30. The van der Waals surface area contributed by atoms with Gasteiger partial charge in [-0.25, -0.2) is 4.98 Å². The van der Waals surface area contributed by atoms with Crippen molar-refractivity contribution in [1.82, 2.24) is 14.6 Å². The van der Waals surface area contributed by atoms with E-state index in [-0.39, 0.29) is 23.9 Å². The van der Waals surface area contributed by atoms with E-state index in [1.54, 1.807) is 23.5 Å². The number of rotatable bonds is 6. The number of aromatic nitrogens is 3. The Bertz CT molecular complexity index is 1170. The number of halogens is 1. The van der Waals surface area contributed by atoms with Crippen molar-refractivity contribution in [1.29, 1.82) is 0 Å². The summed E-state index contributed by atoms with van der Waals surface area (Å²) in [6, 6.07) is 12.4. The fourth-order valence-corrected chi connectivity index (χ4v) is 4.84. The van der Waals surface area contributed by atoms with Crippen LogP contribution in [0.15, 0.2) is 57.5 Å². The third kappa shape index (κ3) is 4.44. The summed E-state index contributed by atoms with van der Waals surface area (Å²) in [5, 5.41) is 7.63. The molecular formula is C18H12ClN3O3S3. The number of benzene rings is 1. The summed E-state index contributed by atoms with van der Waals surface area (Å²) in [6.07, 6.45) is 0. The average molecular weight is 450 g/mol. The van der Waals surface area contributed by atoms with Gasteiger partial charge in [0.2, 0.25) is 4.96 Å². The Morgan fingerprint density at radius 3 is 2.82 bits per heavy atom. The summed E-state index contributed by atoms with van der Waals surface area (Å²) in [4.78, 5) is 31.0. The Labute approximate surface area is 176 Å². The summed E-state index contributed by atoms with van der Waals surface area (Å²) < 4.78 is 6.51. The molecule has 0 fully saturated rings. The molecule has 3 heterocycles. The molecule has 28 heavy (non-hydrogen) atoms. The molecule has 0 radical (unpaired) electrons. The second-order valence-corrected chi connectivity index (χ2v) is 8.96. The smallest absolute Gasteiger partial charge is 0.316 e. The van der Waals surface area contributed by atoms with Crippen LogP contribution in [0.3, 0.4) is 0 Å². The Morgan fingerprint density at radius 1 is 1.25 bits per heavy atom. The lowest BCUT2D eigenvalue weighted by Gasteiger charge is -2.04. The predicted molar refractivity (Wildman–Crippen MR) is 112 cm³/mol. The van der Waals surface area contributed by atoms with Gasteiger partial charge in [-0.05, 0) is 35.7 Å². The predicted octanol–water partition coefficient (Wildman–Crippen LogP) is 4.37. The van der Waals surface area contributed by atoms with Crippen LogP contribution < -0.4 is 5.56 Å². The number of carbonyl (C=O) groups is 1. The van der Waals surface area contributed by atoms with Crippen LogP contribution >= 0.6 is 46.0 Å². The van der Waals surface area contributed by atoms with Crippen LogP contribution in [-0.2, 0) is 16.1 Å². The van der Waals surface area contributed by atoms with E-state index in [1.807, 2.05) is 29.6 Å². The molecule has 10 heteroatoms. The Hall–Kier alpha value is -2.20. The van der Waals surface area contributed by atoms with Gasteiger partial charge in [0.15, 0.2) is 5.01 Å². The number of hydrogen-bond acceptors (Lipinski definition) is 8. The third-order valence-electron chi connectivity index (χ3n) is 3.58. The number of ether oxygens (including phenoxy) is 1. The van der Waals surface area contributed by atoms with Gasteiger partial charge in [0.1, 0.15) is 6.61 Å². The fraction of sp³-hybridized carbons (Fsp3) is 0.111. The van der Waals surface area contributed by atoms with Gasteiger partial charge in [0.05, 0.1) is 16.3 Å². The first-order valence-electron chi connectivity index (χ1n) is 8.06. The van der Waals surface area contributed by atoms with Gasteiger partial charge in [-0.1, -0.05) is 29.0 Å². The molecule has 0 aliphatic rings. The summed E-state index contributed by atoms with van der Waals surface area (Å²) in [6.45, 7) is -0.0576. The highest BCUT2D eigenvalue weighted by Crippen LogP contribution is 2.28. The average Bonchev–Trinajstić information content (AvgIpc) is 3.35. The van der Waals surface area contributed by atoms with Crippen LogP contribution in [0.25, 0.3) is 14.8 Å². The highest BCUT2D eigenvalue weighted by atomic mass is 35.5. The van der Waals surface area contributed by atoms with Gasteiger partial charge in [-0.2, -0.15) is 9.61 Å². The van der Waals surface area contributed by atoms with Crippen molar-refractivity contribution in [2.45, 2.75) is 11.5 Å². The number of thiophene rings is 1. The molecule has 0 amide bonds. The van der Waals surface area contributed by atoms with Crippen molar-refractivity contribution in [3.8, 4) is 9.88 Å². The van der Waals surface area contributed by atoms with Crippen LogP contribution in [0.4, 0.5) is 0 Å². The highest BCUT2D eigenvalue weighted by molar-refractivity contribution is 8.00. The maximum Gasteiger partial charge on any atom is 0.316 e.